The molecule has 8 heteroatoms. The van der Waals surface area contributed by atoms with Crippen molar-refractivity contribution >= 4 is 12.0 Å². The third kappa shape index (κ3) is 4.18. The van der Waals surface area contributed by atoms with Crippen molar-refractivity contribution in [2.75, 3.05) is 34.5 Å². The number of ether oxygens (including phenoxy) is 4. The maximum atomic E-state index is 13.4. The molecule has 0 radical (unpaired) electrons. The molecule has 1 heterocycles. The quantitative estimate of drug-likeness (QED) is 0.707. The number of aliphatic hydroxyl groups is 1. The Morgan fingerprint density at radius 1 is 1.13 bits per heavy atom. The highest BCUT2D eigenvalue weighted by Crippen LogP contribution is 2.40. The zero-order chi connectivity index (χ0) is 21.7. The summed E-state index contributed by atoms with van der Waals surface area (Å²) in [5.74, 6) is -0.567. The van der Waals surface area contributed by atoms with Crippen LogP contribution in [0.2, 0.25) is 0 Å². The number of rotatable bonds is 8. The van der Waals surface area contributed by atoms with Crippen LogP contribution in [0.4, 0.5) is 4.79 Å². The number of carbonyl (C=O) groups excluding carboxylic acids is 2. The molecule has 0 saturated carbocycles. The lowest BCUT2D eigenvalue weighted by Crippen LogP contribution is -2.43. The van der Waals surface area contributed by atoms with Crippen LogP contribution in [0, 0.1) is 0 Å². The summed E-state index contributed by atoms with van der Waals surface area (Å²) >= 11 is 0. The highest BCUT2D eigenvalue weighted by molar-refractivity contribution is 5.98. The number of benzene rings is 2. The van der Waals surface area contributed by atoms with Crippen LogP contribution in [0.1, 0.15) is 17.0 Å². The Morgan fingerprint density at radius 3 is 2.30 bits per heavy atom. The van der Waals surface area contributed by atoms with Crippen LogP contribution in [0.5, 0.6) is 17.2 Å². The lowest BCUT2D eigenvalue weighted by Gasteiger charge is -2.26. The third-order valence-corrected chi connectivity index (χ3v) is 5.09. The molecule has 8 nitrogen and oxygen atoms in total. The number of imide groups is 1. The van der Waals surface area contributed by atoms with Crippen LogP contribution in [0.25, 0.3) is 0 Å². The van der Waals surface area contributed by atoms with E-state index in [1.165, 1.54) is 21.3 Å². The molecule has 1 fully saturated rings. The van der Waals surface area contributed by atoms with Gasteiger partial charge in [-0.3, -0.25) is 4.79 Å². The largest absolute Gasteiger partial charge is 0.496 e. The van der Waals surface area contributed by atoms with Crippen LogP contribution in [0.15, 0.2) is 42.5 Å². The van der Waals surface area contributed by atoms with E-state index in [9.17, 15) is 14.7 Å². The minimum atomic E-state index is -1.08. The predicted octanol–water partition coefficient (Wildman–Crippen LogP) is 2.38. The average Bonchev–Trinajstić information content (AvgIpc) is 3.14. The van der Waals surface area contributed by atoms with E-state index in [0.29, 0.717) is 29.2 Å². The zero-order valence-corrected chi connectivity index (χ0v) is 17.2. The number of aliphatic hydroxyl groups excluding tert-OH is 1. The highest BCUT2D eigenvalue weighted by Gasteiger charge is 2.42. The first kappa shape index (κ1) is 21.4. The van der Waals surface area contributed by atoms with E-state index in [-0.39, 0.29) is 6.61 Å². The average molecular weight is 415 g/mol. The standard InChI is InChI=1S/C22H25NO7/c1-27-16-10-18(28-2)20(19(11-16)29-3)17(12-24)21(25)23-15(13-30-22(23)26)9-14-7-5-4-6-8-14/h4-8,10-11,15,17,24H,9,12-13H2,1-3H3/t15-,17-/m0/s1. The molecule has 160 valence electrons. The Balaban J connectivity index is 1.96. The minimum absolute atomic E-state index is 0.0918. The second-order valence-electron chi connectivity index (χ2n) is 6.81. The Morgan fingerprint density at radius 2 is 1.77 bits per heavy atom. The molecule has 0 aromatic heterocycles. The molecule has 3 rings (SSSR count). The SMILES string of the molecule is COc1cc(OC)c([C@H](CO)C(=O)N2C(=O)OC[C@@H]2Cc2ccccc2)c(OC)c1. The van der Waals surface area contributed by atoms with Gasteiger partial charge in [0, 0.05) is 12.1 Å². The topological polar surface area (TPSA) is 94.5 Å². The molecule has 1 aliphatic rings. The van der Waals surface area contributed by atoms with Crippen molar-refractivity contribution in [2.24, 2.45) is 0 Å². The second-order valence-corrected chi connectivity index (χ2v) is 6.81. The van der Waals surface area contributed by atoms with E-state index in [2.05, 4.69) is 0 Å². The van der Waals surface area contributed by atoms with Crippen molar-refractivity contribution in [3.05, 3.63) is 53.6 Å². The molecule has 2 atom stereocenters. The summed E-state index contributed by atoms with van der Waals surface area (Å²) in [6.45, 7) is -0.450. The van der Waals surface area contributed by atoms with Gasteiger partial charge in [-0.05, 0) is 12.0 Å². The monoisotopic (exact) mass is 415 g/mol. The van der Waals surface area contributed by atoms with Crippen LogP contribution >= 0.6 is 0 Å². The summed E-state index contributed by atoms with van der Waals surface area (Å²) in [5, 5.41) is 10.1. The van der Waals surface area contributed by atoms with Gasteiger partial charge in [-0.1, -0.05) is 30.3 Å². The number of hydrogen-bond donors (Lipinski definition) is 1. The van der Waals surface area contributed by atoms with Gasteiger partial charge >= 0.3 is 6.09 Å². The van der Waals surface area contributed by atoms with Gasteiger partial charge in [0.05, 0.1) is 45.5 Å². The van der Waals surface area contributed by atoms with Gasteiger partial charge in [-0.15, -0.1) is 0 Å². The normalized spacial score (nSPS) is 16.7. The first-order valence-corrected chi connectivity index (χ1v) is 9.48. The summed E-state index contributed by atoms with van der Waals surface area (Å²) in [4.78, 5) is 26.9. The van der Waals surface area contributed by atoms with Gasteiger partial charge < -0.3 is 24.1 Å². The number of methoxy groups -OCH3 is 3. The van der Waals surface area contributed by atoms with Crippen LogP contribution in [-0.4, -0.2) is 62.6 Å². The molecular weight excluding hydrogens is 390 g/mol. The zero-order valence-electron chi connectivity index (χ0n) is 17.2. The maximum absolute atomic E-state index is 13.4. The van der Waals surface area contributed by atoms with E-state index < -0.39 is 30.6 Å². The molecule has 0 bridgehead atoms. The Hall–Kier alpha value is -3.26. The Kier molecular flexibility index (Phi) is 6.79. The highest BCUT2D eigenvalue weighted by atomic mass is 16.6. The van der Waals surface area contributed by atoms with E-state index in [0.717, 1.165) is 10.5 Å². The van der Waals surface area contributed by atoms with Crippen LogP contribution in [0.3, 0.4) is 0 Å². The Bertz CT molecular complexity index is 875. The third-order valence-electron chi connectivity index (χ3n) is 5.09. The van der Waals surface area contributed by atoms with E-state index in [4.69, 9.17) is 18.9 Å². The molecule has 0 spiro atoms. The number of nitrogens with zero attached hydrogens (tertiary/aromatic N) is 1. The second kappa shape index (κ2) is 9.49. The number of cyclic esters (lactones) is 1. The molecule has 1 aliphatic heterocycles. The van der Waals surface area contributed by atoms with Gasteiger partial charge in [-0.2, -0.15) is 0 Å². The molecule has 2 amide bonds. The van der Waals surface area contributed by atoms with Crippen molar-refractivity contribution in [3.8, 4) is 17.2 Å². The lowest BCUT2D eigenvalue weighted by atomic mass is 9.94. The summed E-state index contributed by atoms with van der Waals surface area (Å²) in [6, 6.07) is 12.2. The van der Waals surface area contributed by atoms with Crippen LogP contribution < -0.4 is 14.2 Å². The van der Waals surface area contributed by atoms with E-state index in [1.54, 1.807) is 12.1 Å². The van der Waals surface area contributed by atoms with E-state index >= 15 is 0 Å². The molecule has 2 aromatic carbocycles. The fourth-order valence-electron chi connectivity index (χ4n) is 3.60. The number of amides is 2. The lowest BCUT2D eigenvalue weighted by molar-refractivity contribution is -0.131. The number of hydrogen-bond acceptors (Lipinski definition) is 7. The van der Waals surface area contributed by atoms with Crippen molar-refractivity contribution in [2.45, 2.75) is 18.4 Å². The van der Waals surface area contributed by atoms with Crippen LogP contribution in [-0.2, 0) is 16.0 Å². The van der Waals surface area contributed by atoms with Crippen molar-refractivity contribution < 1.29 is 33.6 Å². The van der Waals surface area contributed by atoms with Gasteiger partial charge in [0.15, 0.2) is 0 Å². The molecule has 1 saturated heterocycles. The summed E-state index contributed by atoms with van der Waals surface area (Å²) in [6.07, 6.45) is -0.279. The first-order valence-electron chi connectivity index (χ1n) is 9.48. The minimum Gasteiger partial charge on any atom is -0.496 e. The molecule has 0 aliphatic carbocycles. The van der Waals surface area contributed by atoms with E-state index in [1.807, 2.05) is 30.3 Å². The van der Waals surface area contributed by atoms with Gasteiger partial charge in [0.25, 0.3) is 0 Å². The maximum Gasteiger partial charge on any atom is 0.417 e. The van der Waals surface area contributed by atoms with Crippen molar-refractivity contribution in [1.82, 2.24) is 4.90 Å². The summed E-state index contributed by atoms with van der Waals surface area (Å²) in [5.41, 5.74) is 1.31. The van der Waals surface area contributed by atoms with Gasteiger partial charge in [0.2, 0.25) is 5.91 Å². The van der Waals surface area contributed by atoms with Crippen molar-refractivity contribution in [1.29, 1.82) is 0 Å². The molecule has 30 heavy (non-hydrogen) atoms. The molecular formula is C22H25NO7. The van der Waals surface area contributed by atoms with Gasteiger partial charge in [0.1, 0.15) is 23.9 Å². The summed E-state index contributed by atoms with van der Waals surface area (Å²) < 4.78 is 21.2. The summed E-state index contributed by atoms with van der Waals surface area (Å²) in [7, 11) is 4.38. The fraction of sp³-hybridized carbons (Fsp3) is 0.364. The molecule has 0 unspecified atom stereocenters. The Labute approximate surface area is 174 Å². The smallest absolute Gasteiger partial charge is 0.417 e. The predicted molar refractivity (Wildman–Crippen MR) is 108 cm³/mol. The first-order chi connectivity index (χ1) is 14.5. The molecule has 1 N–H and O–H groups in total. The van der Waals surface area contributed by atoms with Crippen molar-refractivity contribution in [3.63, 3.8) is 0 Å². The van der Waals surface area contributed by atoms with Gasteiger partial charge in [-0.25, -0.2) is 9.69 Å². The number of carbonyl (C=O) groups is 2. The molecule has 2 aromatic rings. The fourth-order valence-corrected chi connectivity index (χ4v) is 3.60.